The maximum atomic E-state index is 12.7. The van der Waals surface area contributed by atoms with Crippen molar-refractivity contribution < 1.29 is 19.2 Å². The van der Waals surface area contributed by atoms with Crippen molar-refractivity contribution in [3.8, 4) is 11.5 Å². The molecule has 0 spiro atoms. The summed E-state index contributed by atoms with van der Waals surface area (Å²) in [5.74, 6) is 0.169. The molecule has 1 saturated heterocycles. The highest BCUT2D eigenvalue weighted by Crippen LogP contribution is 2.38. The molecule has 0 aliphatic carbocycles. The van der Waals surface area contributed by atoms with Crippen LogP contribution in [-0.2, 0) is 6.54 Å². The summed E-state index contributed by atoms with van der Waals surface area (Å²) >= 11 is 0. The molecule has 27 heavy (non-hydrogen) atoms. The first kappa shape index (κ1) is 17.3. The van der Waals surface area contributed by atoms with E-state index < -0.39 is 10.8 Å². The van der Waals surface area contributed by atoms with Crippen molar-refractivity contribution in [2.24, 2.45) is 0 Å². The number of nitrogens with one attached hydrogen (secondary N) is 1. The molecule has 0 saturated carbocycles. The number of benzene rings is 2. The molecule has 1 N–H and O–H groups in total. The van der Waals surface area contributed by atoms with Gasteiger partial charge in [-0.3, -0.25) is 19.8 Å². The zero-order valence-corrected chi connectivity index (χ0v) is 14.6. The number of nitrogens with zero attached hydrogens (tertiary/aromatic N) is 2. The zero-order valence-electron chi connectivity index (χ0n) is 14.6. The van der Waals surface area contributed by atoms with Crippen LogP contribution in [0, 0.1) is 10.1 Å². The first-order valence-corrected chi connectivity index (χ1v) is 8.75. The molecular weight excluding hydrogens is 350 g/mol. The number of nitro benzene ring substituents is 1. The Kier molecular flexibility index (Phi) is 4.64. The van der Waals surface area contributed by atoms with E-state index in [0.29, 0.717) is 12.3 Å². The quantitative estimate of drug-likeness (QED) is 0.642. The number of carbonyl (C=O) groups excluding carboxylic acids is 1. The van der Waals surface area contributed by atoms with E-state index in [-0.39, 0.29) is 29.8 Å². The highest BCUT2D eigenvalue weighted by atomic mass is 16.7. The van der Waals surface area contributed by atoms with Crippen molar-refractivity contribution in [2.45, 2.75) is 19.0 Å². The minimum atomic E-state index is -0.576. The van der Waals surface area contributed by atoms with Crippen LogP contribution in [0.3, 0.4) is 0 Å². The summed E-state index contributed by atoms with van der Waals surface area (Å²) in [6.07, 6.45) is 0.803. The van der Waals surface area contributed by atoms with Gasteiger partial charge in [0.15, 0.2) is 11.5 Å². The van der Waals surface area contributed by atoms with Crippen molar-refractivity contribution in [2.75, 3.05) is 19.9 Å². The molecule has 2 aromatic carbocycles. The second-order valence-electron chi connectivity index (χ2n) is 6.66. The molecule has 2 aromatic rings. The van der Waals surface area contributed by atoms with Crippen LogP contribution in [0.1, 0.15) is 22.3 Å². The van der Waals surface area contributed by atoms with Gasteiger partial charge in [0.1, 0.15) is 5.56 Å². The molecule has 2 aliphatic rings. The number of hydrogen-bond acceptors (Lipinski definition) is 6. The summed E-state index contributed by atoms with van der Waals surface area (Å²) in [6, 6.07) is 12.7. The van der Waals surface area contributed by atoms with Crippen LogP contribution in [0.15, 0.2) is 42.5 Å². The SMILES string of the molecule is O=C(NC1CCN(Cc2ccccc2)C1)c1cc2c(cc1[N+](=O)[O-])OCO2. The molecule has 8 nitrogen and oxygen atoms in total. The number of ether oxygens (including phenoxy) is 2. The Hall–Kier alpha value is -3.13. The highest BCUT2D eigenvalue weighted by Gasteiger charge is 2.30. The third kappa shape index (κ3) is 3.70. The zero-order chi connectivity index (χ0) is 18.8. The summed E-state index contributed by atoms with van der Waals surface area (Å²) in [5.41, 5.74) is 0.928. The van der Waals surface area contributed by atoms with Crippen molar-refractivity contribution >= 4 is 11.6 Å². The fraction of sp³-hybridized carbons (Fsp3) is 0.316. The van der Waals surface area contributed by atoms with Gasteiger partial charge in [-0.15, -0.1) is 0 Å². The molecule has 0 aromatic heterocycles. The minimum Gasteiger partial charge on any atom is -0.454 e. The number of carbonyl (C=O) groups is 1. The average molecular weight is 369 g/mol. The van der Waals surface area contributed by atoms with Crippen molar-refractivity contribution in [3.05, 3.63) is 63.7 Å². The topological polar surface area (TPSA) is 93.9 Å². The Morgan fingerprint density at radius 3 is 2.70 bits per heavy atom. The van der Waals surface area contributed by atoms with Crippen LogP contribution in [0.25, 0.3) is 0 Å². The van der Waals surface area contributed by atoms with Gasteiger partial charge in [-0.25, -0.2) is 0 Å². The average Bonchev–Trinajstić information content (AvgIpc) is 3.30. The third-order valence-corrected chi connectivity index (χ3v) is 4.79. The largest absolute Gasteiger partial charge is 0.454 e. The second-order valence-corrected chi connectivity index (χ2v) is 6.66. The van der Waals surface area contributed by atoms with Crippen LogP contribution >= 0.6 is 0 Å². The second kappa shape index (κ2) is 7.24. The molecule has 1 unspecified atom stereocenters. The molecule has 1 amide bonds. The molecule has 140 valence electrons. The first-order valence-electron chi connectivity index (χ1n) is 8.75. The molecule has 0 radical (unpaired) electrons. The number of fused-ring (bicyclic) bond motifs is 1. The van der Waals surface area contributed by atoms with E-state index >= 15 is 0 Å². The summed E-state index contributed by atoms with van der Waals surface area (Å²) in [6.45, 7) is 2.38. The van der Waals surface area contributed by atoms with Gasteiger partial charge >= 0.3 is 0 Å². The van der Waals surface area contributed by atoms with Gasteiger partial charge < -0.3 is 14.8 Å². The van der Waals surface area contributed by atoms with Crippen molar-refractivity contribution in [1.82, 2.24) is 10.2 Å². The van der Waals surface area contributed by atoms with Gasteiger partial charge in [-0.1, -0.05) is 30.3 Å². The standard InChI is InChI=1S/C19H19N3O5/c23-19(15-8-17-18(27-12-26-17)9-16(15)22(24)25)20-14-6-7-21(11-14)10-13-4-2-1-3-5-13/h1-5,8-9,14H,6-7,10-12H2,(H,20,23). The highest BCUT2D eigenvalue weighted by molar-refractivity contribution is 5.99. The van der Waals surface area contributed by atoms with E-state index in [9.17, 15) is 14.9 Å². The summed E-state index contributed by atoms with van der Waals surface area (Å²) in [5, 5.41) is 14.3. The number of rotatable bonds is 5. The summed E-state index contributed by atoms with van der Waals surface area (Å²) in [7, 11) is 0. The molecule has 2 heterocycles. The van der Waals surface area contributed by atoms with Crippen molar-refractivity contribution in [1.29, 1.82) is 0 Å². The lowest BCUT2D eigenvalue weighted by Crippen LogP contribution is -2.37. The van der Waals surface area contributed by atoms with Crippen LogP contribution < -0.4 is 14.8 Å². The molecule has 1 atom stereocenters. The number of likely N-dealkylation sites (tertiary alicyclic amines) is 1. The van der Waals surface area contributed by atoms with Gasteiger partial charge in [0.2, 0.25) is 6.79 Å². The number of hydrogen-bond donors (Lipinski definition) is 1. The Labute approximate surface area is 155 Å². The van der Waals surface area contributed by atoms with Crippen molar-refractivity contribution in [3.63, 3.8) is 0 Å². The predicted octanol–water partition coefficient (Wildman–Crippen LogP) is 2.33. The maximum Gasteiger partial charge on any atom is 0.286 e. The van der Waals surface area contributed by atoms with E-state index in [0.717, 1.165) is 19.5 Å². The molecular formula is C19H19N3O5. The molecule has 1 fully saturated rings. The number of amides is 1. The van der Waals surface area contributed by atoms with Gasteiger partial charge in [0.25, 0.3) is 11.6 Å². The van der Waals surface area contributed by atoms with E-state index in [2.05, 4.69) is 22.3 Å². The predicted molar refractivity (Wildman–Crippen MR) is 96.8 cm³/mol. The van der Waals surface area contributed by atoms with Crippen LogP contribution in [0.4, 0.5) is 5.69 Å². The lowest BCUT2D eigenvalue weighted by atomic mass is 10.1. The Morgan fingerprint density at radius 2 is 1.96 bits per heavy atom. The maximum absolute atomic E-state index is 12.7. The number of nitro groups is 1. The molecule has 0 bridgehead atoms. The van der Waals surface area contributed by atoms with E-state index in [1.54, 1.807) is 0 Å². The molecule has 4 rings (SSSR count). The molecule has 2 aliphatic heterocycles. The van der Waals surface area contributed by atoms with Gasteiger partial charge in [0, 0.05) is 31.7 Å². The first-order chi connectivity index (χ1) is 13.1. The van der Waals surface area contributed by atoms with Gasteiger partial charge in [-0.2, -0.15) is 0 Å². The van der Waals surface area contributed by atoms with Gasteiger partial charge in [-0.05, 0) is 12.0 Å². The lowest BCUT2D eigenvalue weighted by Gasteiger charge is -2.17. The fourth-order valence-electron chi connectivity index (χ4n) is 3.46. The van der Waals surface area contributed by atoms with Crippen LogP contribution in [-0.4, -0.2) is 41.7 Å². The van der Waals surface area contributed by atoms with Crippen LogP contribution in [0.5, 0.6) is 11.5 Å². The monoisotopic (exact) mass is 369 g/mol. The van der Waals surface area contributed by atoms with E-state index in [1.807, 2.05) is 18.2 Å². The lowest BCUT2D eigenvalue weighted by molar-refractivity contribution is -0.385. The molecule has 8 heteroatoms. The minimum absolute atomic E-state index is 0.00533. The normalized spacial score (nSPS) is 18.4. The van der Waals surface area contributed by atoms with Gasteiger partial charge in [0.05, 0.1) is 11.0 Å². The smallest absolute Gasteiger partial charge is 0.286 e. The summed E-state index contributed by atoms with van der Waals surface area (Å²) in [4.78, 5) is 25.7. The Morgan fingerprint density at radius 1 is 1.22 bits per heavy atom. The summed E-state index contributed by atoms with van der Waals surface area (Å²) < 4.78 is 10.4. The Bertz CT molecular complexity index is 871. The van der Waals surface area contributed by atoms with E-state index in [4.69, 9.17) is 9.47 Å². The fourth-order valence-corrected chi connectivity index (χ4v) is 3.46. The van der Waals surface area contributed by atoms with Crippen LogP contribution in [0.2, 0.25) is 0 Å². The Balaban J connectivity index is 1.43. The van der Waals surface area contributed by atoms with E-state index in [1.165, 1.54) is 17.7 Å². The third-order valence-electron chi connectivity index (χ3n) is 4.79.